The number of aryl methyl sites for hydroxylation is 1. The van der Waals surface area contributed by atoms with Crippen molar-refractivity contribution >= 4 is 22.7 Å². The highest BCUT2D eigenvalue weighted by Crippen LogP contribution is 2.24. The summed E-state index contributed by atoms with van der Waals surface area (Å²) in [5.41, 5.74) is 3.25. The molecule has 0 radical (unpaired) electrons. The van der Waals surface area contributed by atoms with Crippen LogP contribution >= 0.6 is 0 Å². The van der Waals surface area contributed by atoms with Crippen LogP contribution in [0.4, 0.5) is 11.4 Å². The van der Waals surface area contributed by atoms with Crippen LogP contribution in [0.15, 0.2) is 48.5 Å². The summed E-state index contributed by atoms with van der Waals surface area (Å²) < 4.78 is 25.4. The van der Waals surface area contributed by atoms with Crippen molar-refractivity contribution in [3.63, 3.8) is 0 Å². The van der Waals surface area contributed by atoms with Crippen LogP contribution < -0.4 is 15.3 Å². The zero-order valence-corrected chi connectivity index (χ0v) is 12.4. The number of hydrogen-bond acceptors (Lipinski definition) is 6. The molecule has 0 bridgehead atoms. The highest BCUT2D eigenvalue weighted by Gasteiger charge is 2.00. The third-order valence-corrected chi connectivity index (χ3v) is 2.64. The monoisotopic (exact) mass is 309 g/mol. The van der Waals surface area contributed by atoms with Crippen LogP contribution in [0.25, 0.3) is 0 Å². The topological polar surface area (TPSA) is 93.7 Å². The van der Waals surface area contributed by atoms with Gasteiger partial charge in [-0.2, -0.15) is 0 Å². The largest absolute Gasteiger partial charge is 0.750 e. The van der Waals surface area contributed by atoms with Gasteiger partial charge in [0.05, 0.1) is 18.5 Å². The van der Waals surface area contributed by atoms with Gasteiger partial charge in [-0.25, -0.2) is 4.21 Å². The fourth-order valence-electron chi connectivity index (χ4n) is 1.59. The molecule has 0 saturated heterocycles. The molecule has 0 amide bonds. The second kappa shape index (κ2) is 9.09. The highest BCUT2D eigenvalue weighted by molar-refractivity contribution is 7.73. The Bertz CT molecular complexity index is 577. The predicted molar refractivity (Wildman–Crippen MR) is 77.5 cm³/mol. The second-order valence-corrected chi connectivity index (χ2v) is 4.49. The minimum absolute atomic E-state index is 0.904. The molecule has 0 spiro atoms. The Morgan fingerprint density at radius 2 is 1.71 bits per heavy atom. The average molecular weight is 309 g/mol. The van der Waals surface area contributed by atoms with Crippen molar-refractivity contribution < 1.29 is 23.1 Å². The number of ether oxygens (including phenoxy) is 1. The smallest absolute Gasteiger partial charge is 0.123 e. The molecule has 6 nitrogen and oxygen atoms in total. The van der Waals surface area contributed by atoms with Gasteiger partial charge in [-0.15, -0.1) is 0 Å². The van der Waals surface area contributed by atoms with E-state index < -0.39 is 11.4 Å². The van der Waals surface area contributed by atoms with E-state index in [2.05, 4.69) is 9.65 Å². The van der Waals surface area contributed by atoms with Gasteiger partial charge in [0, 0.05) is 17.4 Å². The SMILES string of the molecule is COc1cc(Nc2ccccc2)ccc1C.O=S([O-])O[O-]. The third-order valence-electron chi connectivity index (χ3n) is 2.53. The average Bonchev–Trinajstić information content (AvgIpc) is 2.51. The Morgan fingerprint density at radius 1 is 1.10 bits per heavy atom. The van der Waals surface area contributed by atoms with Crippen molar-refractivity contribution in [3.05, 3.63) is 54.1 Å². The summed E-state index contributed by atoms with van der Waals surface area (Å²) in [7, 11) is 1.69. The van der Waals surface area contributed by atoms with E-state index >= 15 is 0 Å². The van der Waals surface area contributed by atoms with Crippen LogP contribution in [0.3, 0.4) is 0 Å². The Morgan fingerprint density at radius 3 is 2.24 bits per heavy atom. The quantitative estimate of drug-likeness (QED) is 0.526. The summed E-state index contributed by atoms with van der Waals surface area (Å²) in [6.07, 6.45) is 0. The van der Waals surface area contributed by atoms with Crippen molar-refractivity contribution in [1.29, 1.82) is 0 Å². The van der Waals surface area contributed by atoms with Gasteiger partial charge in [0.15, 0.2) is 0 Å². The van der Waals surface area contributed by atoms with Gasteiger partial charge in [-0.05, 0) is 30.7 Å². The predicted octanol–water partition coefficient (Wildman–Crippen LogP) is 1.82. The van der Waals surface area contributed by atoms with E-state index in [9.17, 15) is 0 Å². The zero-order valence-electron chi connectivity index (χ0n) is 11.6. The molecular formula is C14H15NO5S-2. The number of anilines is 2. The maximum atomic E-state index is 8.83. The Kier molecular flexibility index (Phi) is 7.41. The summed E-state index contributed by atoms with van der Waals surface area (Å²) in [5, 5.41) is 11.8. The number of methoxy groups -OCH3 is 1. The summed E-state index contributed by atoms with van der Waals surface area (Å²) >= 11 is -2.88. The van der Waals surface area contributed by atoms with Gasteiger partial charge in [-0.1, -0.05) is 24.3 Å². The molecule has 2 rings (SSSR count). The van der Waals surface area contributed by atoms with Crippen LogP contribution in [0.1, 0.15) is 5.56 Å². The number of para-hydroxylation sites is 1. The molecule has 1 atom stereocenters. The molecule has 1 N–H and O–H groups in total. The summed E-state index contributed by atoms with van der Waals surface area (Å²) in [6, 6.07) is 16.2. The number of benzene rings is 2. The third kappa shape index (κ3) is 6.37. The molecular weight excluding hydrogens is 294 g/mol. The molecule has 0 aliphatic rings. The van der Waals surface area contributed by atoms with Gasteiger partial charge >= 0.3 is 0 Å². The molecule has 0 aliphatic carbocycles. The van der Waals surface area contributed by atoms with Gasteiger partial charge < -0.3 is 24.2 Å². The molecule has 2 aromatic rings. The maximum absolute atomic E-state index is 8.83. The Balaban J connectivity index is 0.000000383. The van der Waals surface area contributed by atoms with E-state index in [1.54, 1.807) is 7.11 Å². The minimum Gasteiger partial charge on any atom is -0.750 e. The molecule has 114 valence electrons. The molecule has 1 unspecified atom stereocenters. The molecule has 21 heavy (non-hydrogen) atoms. The van der Waals surface area contributed by atoms with E-state index in [-0.39, 0.29) is 0 Å². The highest BCUT2D eigenvalue weighted by atomic mass is 32.2. The van der Waals surface area contributed by atoms with Crippen molar-refractivity contribution in [2.45, 2.75) is 6.92 Å². The number of nitrogens with one attached hydrogen (secondary N) is 1. The lowest BCUT2D eigenvalue weighted by molar-refractivity contribution is -0.635. The number of rotatable bonds is 4. The Hall–Kier alpha value is -1.93. The van der Waals surface area contributed by atoms with Gasteiger partial charge in [0.25, 0.3) is 0 Å². The zero-order chi connectivity index (χ0) is 15.7. The van der Waals surface area contributed by atoms with Crippen molar-refractivity contribution in [2.24, 2.45) is 0 Å². The summed E-state index contributed by atoms with van der Waals surface area (Å²) in [5.74, 6) is 0.904. The van der Waals surface area contributed by atoms with E-state index in [1.807, 2.05) is 55.5 Å². The second-order valence-electron chi connectivity index (χ2n) is 3.95. The first-order chi connectivity index (χ1) is 10.1. The molecule has 0 aromatic heterocycles. The first kappa shape index (κ1) is 17.1. The van der Waals surface area contributed by atoms with Gasteiger partial charge in [0.2, 0.25) is 0 Å². The van der Waals surface area contributed by atoms with Crippen LogP contribution in [0, 0.1) is 6.92 Å². The fraction of sp³-hybridized carbons (Fsp3) is 0.143. The van der Waals surface area contributed by atoms with Gasteiger partial charge in [0.1, 0.15) is 5.75 Å². The Labute approximate surface area is 125 Å². The van der Waals surface area contributed by atoms with E-state index in [0.29, 0.717) is 0 Å². The molecule has 7 heteroatoms. The van der Waals surface area contributed by atoms with Crippen LogP contribution in [-0.2, 0) is 15.7 Å². The van der Waals surface area contributed by atoms with Crippen LogP contribution in [0.5, 0.6) is 5.75 Å². The van der Waals surface area contributed by atoms with Crippen molar-refractivity contribution in [3.8, 4) is 5.75 Å². The van der Waals surface area contributed by atoms with Crippen LogP contribution in [0.2, 0.25) is 0 Å². The fourth-order valence-corrected chi connectivity index (χ4v) is 1.59. The standard InChI is InChI=1S/C14H15NO.H2O4S/c1-11-8-9-13(10-14(11)16-2)15-12-6-4-3-5-7-12;1-4-5(2)3/h3-10,15H,1-2H3;1H,(H,2,3)/p-2. The molecule has 2 aromatic carbocycles. The van der Waals surface area contributed by atoms with Crippen molar-refractivity contribution in [2.75, 3.05) is 12.4 Å². The van der Waals surface area contributed by atoms with E-state index in [0.717, 1.165) is 22.7 Å². The molecule has 0 aliphatic heterocycles. The maximum Gasteiger partial charge on any atom is 0.123 e. The molecule has 0 heterocycles. The minimum atomic E-state index is -2.88. The lowest BCUT2D eigenvalue weighted by atomic mass is 10.2. The van der Waals surface area contributed by atoms with E-state index in [4.69, 9.17) is 18.8 Å². The lowest BCUT2D eigenvalue weighted by Gasteiger charge is -2.09. The summed E-state index contributed by atoms with van der Waals surface area (Å²) in [4.78, 5) is 0. The molecule has 0 saturated carbocycles. The normalized spacial score (nSPS) is 11.0. The first-order valence-corrected chi connectivity index (χ1v) is 6.93. The van der Waals surface area contributed by atoms with E-state index in [1.165, 1.54) is 0 Å². The molecule has 0 fully saturated rings. The van der Waals surface area contributed by atoms with Crippen LogP contribution in [-0.4, -0.2) is 15.9 Å². The van der Waals surface area contributed by atoms with Gasteiger partial charge in [-0.3, -0.25) is 0 Å². The number of hydrogen-bond donors (Lipinski definition) is 1. The lowest BCUT2D eigenvalue weighted by Crippen LogP contribution is -2.06. The first-order valence-electron chi connectivity index (χ1n) is 5.93. The van der Waals surface area contributed by atoms with Crippen molar-refractivity contribution in [1.82, 2.24) is 0 Å². The summed E-state index contributed by atoms with van der Waals surface area (Å²) in [6.45, 7) is 2.03.